The highest BCUT2D eigenvalue weighted by Crippen LogP contribution is 2.36. The SMILES string of the molecule is CC(C)OC1(C(=O)C(C)C)CCCC1. The van der Waals surface area contributed by atoms with Crippen LogP contribution in [0, 0.1) is 5.92 Å². The molecule has 1 rings (SSSR count). The van der Waals surface area contributed by atoms with Crippen molar-refractivity contribution >= 4 is 5.78 Å². The molecule has 0 saturated heterocycles. The van der Waals surface area contributed by atoms with Crippen LogP contribution >= 0.6 is 0 Å². The molecule has 14 heavy (non-hydrogen) atoms. The molecule has 0 unspecified atom stereocenters. The second-order valence-corrected chi connectivity index (χ2v) is 4.89. The third kappa shape index (κ3) is 2.35. The van der Waals surface area contributed by atoms with Gasteiger partial charge < -0.3 is 4.74 Å². The lowest BCUT2D eigenvalue weighted by atomic mass is 9.89. The summed E-state index contributed by atoms with van der Waals surface area (Å²) >= 11 is 0. The molecule has 0 aliphatic heterocycles. The molecule has 1 aliphatic rings. The quantitative estimate of drug-likeness (QED) is 0.694. The van der Waals surface area contributed by atoms with Crippen LogP contribution in [0.5, 0.6) is 0 Å². The molecule has 1 saturated carbocycles. The molecular weight excluding hydrogens is 176 g/mol. The molecular formula is C12H22O2. The Morgan fingerprint density at radius 3 is 2.00 bits per heavy atom. The lowest BCUT2D eigenvalue weighted by Crippen LogP contribution is -2.43. The van der Waals surface area contributed by atoms with E-state index < -0.39 is 5.60 Å². The van der Waals surface area contributed by atoms with Crippen molar-refractivity contribution in [3.05, 3.63) is 0 Å². The van der Waals surface area contributed by atoms with E-state index in [1.54, 1.807) is 0 Å². The van der Waals surface area contributed by atoms with E-state index in [0.29, 0.717) is 5.78 Å². The molecule has 0 radical (unpaired) electrons. The fourth-order valence-electron chi connectivity index (χ4n) is 2.35. The van der Waals surface area contributed by atoms with Crippen molar-refractivity contribution in [2.75, 3.05) is 0 Å². The Balaban J connectivity index is 2.76. The van der Waals surface area contributed by atoms with Gasteiger partial charge in [0.1, 0.15) is 5.60 Å². The van der Waals surface area contributed by atoms with Gasteiger partial charge in [0, 0.05) is 5.92 Å². The van der Waals surface area contributed by atoms with E-state index in [0.717, 1.165) is 25.7 Å². The first-order chi connectivity index (χ1) is 6.48. The van der Waals surface area contributed by atoms with Crippen molar-refractivity contribution in [1.29, 1.82) is 0 Å². The van der Waals surface area contributed by atoms with Gasteiger partial charge >= 0.3 is 0 Å². The van der Waals surface area contributed by atoms with Crippen LogP contribution in [-0.2, 0) is 9.53 Å². The van der Waals surface area contributed by atoms with Crippen LogP contribution in [0.25, 0.3) is 0 Å². The van der Waals surface area contributed by atoms with Gasteiger partial charge in [0.15, 0.2) is 5.78 Å². The third-order valence-corrected chi connectivity index (χ3v) is 2.85. The Morgan fingerprint density at radius 2 is 1.64 bits per heavy atom. The van der Waals surface area contributed by atoms with Gasteiger partial charge in [-0.05, 0) is 39.5 Å². The fraction of sp³-hybridized carbons (Fsp3) is 0.917. The second kappa shape index (κ2) is 4.43. The predicted molar refractivity (Wildman–Crippen MR) is 57.3 cm³/mol. The smallest absolute Gasteiger partial charge is 0.167 e. The maximum absolute atomic E-state index is 12.1. The monoisotopic (exact) mass is 198 g/mol. The van der Waals surface area contributed by atoms with E-state index in [4.69, 9.17) is 4.74 Å². The highest BCUT2D eigenvalue weighted by Gasteiger charge is 2.43. The first-order valence-corrected chi connectivity index (χ1v) is 5.70. The van der Waals surface area contributed by atoms with E-state index in [1.807, 2.05) is 27.7 Å². The van der Waals surface area contributed by atoms with Gasteiger partial charge in [-0.15, -0.1) is 0 Å². The van der Waals surface area contributed by atoms with Crippen LogP contribution in [0.4, 0.5) is 0 Å². The van der Waals surface area contributed by atoms with Crippen molar-refractivity contribution in [3.63, 3.8) is 0 Å². The predicted octanol–water partition coefficient (Wildman–Crippen LogP) is 2.95. The summed E-state index contributed by atoms with van der Waals surface area (Å²) in [5, 5.41) is 0. The van der Waals surface area contributed by atoms with E-state index in [1.165, 1.54) is 0 Å². The minimum atomic E-state index is -0.442. The lowest BCUT2D eigenvalue weighted by Gasteiger charge is -2.31. The topological polar surface area (TPSA) is 26.3 Å². The van der Waals surface area contributed by atoms with Crippen LogP contribution in [0.3, 0.4) is 0 Å². The van der Waals surface area contributed by atoms with Gasteiger partial charge in [-0.1, -0.05) is 13.8 Å². The van der Waals surface area contributed by atoms with Crippen molar-refractivity contribution in [2.24, 2.45) is 5.92 Å². The van der Waals surface area contributed by atoms with Gasteiger partial charge in [0.25, 0.3) is 0 Å². The van der Waals surface area contributed by atoms with Crippen molar-refractivity contribution in [2.45, 2.75) is 65.1 Å². The lowest BCUT2D eigenvalue weighted by molar-refractivity contribution is -0.153. The van der Waals surface area contributed by atoms with Gasteiger partial charge in [-0.25, -0.2) is 0 Å². The summed E-state index contributed by atoms with van der Waals surface area (Å²) in [5.74, 6) is 0.385. The summed E-state index contributed by atoms with van der Waals surface area (Å²) < 4.78 is 5.87. The molecule has 0 amide bonds. The summed E-state index contributed by atoms with van der Waals surface area (Å²) in [7, 11) is 0. The summed E-state index contributed by atoms with van der Waals surface area (Å²) in [5.41, 5.74) is -0.442. The summed E-state index contributed by atoms with van der Waals surface area (Å²) in [4.78, 5) is 12.1. The number of ketones is 1. The molecule has 0 aromatic carbocycles. The first-order valence-electron chi connectivity index (χ1n) is 5.70. The molecule has 2 heteroatoms. The summed E-state index contributed by atoms with van der Waals surface area (Å²) in [6.45, 7) is 7.94. The number of hydrogen-bond acceptors (Lipinski definition) is 2. The van der Waals surface area contributed by atoms with Gasteiger partial charge in [-0.2, -0.15) is 0 Å². The molecule has 0 aromatic rings. The van der Waals surface area contributed by atoms with Crippen LogP contribution in [0.2, 0.25) is 0 Å². The second-order valence-electron chi connectivity index (χ2n) is 4.89. The Labute approximate surface area is 87.0 Å². The highest BCUT2D eigenvalue weighted by atomic mass is 16.5. The number of hydrogen-bond donors (Lipinski definition) is 0. The summed E-state index contributed by atoms with van der Waals surface area (Å²) in [6, 6.07) is 0. The van der Waals surface area contributed by atoms with E-state index >= 15 is 0 Å². The average Bonchev–Trinajstić information content (AvgIpc) is 2.51. The normalized spacial score (nSPS) is 20.7. The van der Waals surface area contributed by atoms with Gasteiger partial charge in [0.2, 0.25) is 0 Å². The molecule has 0 N–H and O–H groups in total. The minimum absolute atomic E-state index is 0.0897. The van der Waals surface area contributed by atoms with Crippen LogP contribution in [-0.4, -0.2) is 17.5 Å². The van der Waals surface area contributed by atoms with Crippen LogP contribution in [0.1, 0.15) is 53.4 Å². The molecule has 1 aliphatic carbocycles. The molecule has 0 spiro atoms. The zero-order valence-corrected chi connectivity index (χ0v) is 9.80. The zero-order valence-electron chi connectivity index (χ0n) is 9.80. The summed E-state index contributed by atoms with van der Waals surface area (Å²) in [6.07, 6.45) is 4.25. The minimum Gasteiger partial charge on any atom is -0.365 e. The number of Topliss-reactive ketones (excluding diaryl/α,β-unsaturated/α-hetero) is 1. The van der Waals surface area contributed by atoms with Crippen molar-refractivity contribution in [1.82, 2.24) is 0 Å². The Kier molecular flexibility index (Phi) is 3.71. The van der Waals surface area contributed by atoms with E-state index in [9.17, 15) is 4.79 Å². The van der Waals surface area contributed by atoms with Gasteiger partial charge in [-0.3, -0.25) is 4.79 Å². The van der Waals surface area contributed by atoms with Gasteiger partial charge in [0.05, 0.1) is 6.10 Å². The number of rotatable bonds is 4. The number of carbonyl (C=O) groups is 1. The highest BCUT2D eigenvalue weighted by molar-refractivity contribution is 5.89. The Morgan fingerprint density at radius 1 is 1.14 bits per heavy atom. The zero-order chi connectivity index (χ0) is 10.8. The molecule has 0 atom stereocenters. The number of carbonyl (C=O) groups excluding carboxylic acids is 1. The van der Waals surface area contributed by atoms with Crippen LogP contribution < -0.4 is 0 Å². The average molecular weight is 198 g/mol. The van der Waals surface area contributed by atoms with E-state index in [-0.39, 0.29) is 12.0 Å². The molecule has 1 fully saturated rings. The Hall–Kier alpha value is -0.370. The molecule has 0 heterocycles. The maximum Gasteiger partial charge on any atom is 0.167 e. The van der Waals surface area contributed by atoms with Crippen molar-refractivity contribution < 1.29 is 9.53 Å². The first kappa shape index (κ1) is 11.7. The number of ether oxygens (including phenoxy) is 1. The van der Waals surface area contributed by atoms with E-state index in [2.05, 4.69) is 0 Å². The molecule has 82 valence electrons. The molecule has 0 aromatic heterocycles. The Bertz CT molecular complexity index is 200. The third-order valence-electron chi connectivity index (χ3n) is 2.85. The molecule has 0 bridgehead atoms. The molecule has 2 nitrogen and oxygen atoms in total. The maximum atomic E-state index is 12.1. The van der Waals surface area contributed by atoms with Crippen LogP contribution in [0.15, 0.2) is 0 Å². The van der Waals surface area contributed by atoms with Crippen molar-refractivity contribution in [3.8, 4) is 0 Å². The standard InChI is InChI=1S/C12H22O2/c1-9(2)11(13)12(14-10(3)4)7-5-6-8-12/h9-10H,5-8H2,1-4H3. The largest absolute Gasteiger partial charge is 0.365 e. The fourth-order valence-corrected chi connectivity index (χ4v) is 2.35.